The van der Waals surface area contributed by atoms with Crippen LogP contribution in [0, 0.1) is 10.1 Å². The number of hydrogen-bond acceptors (Lipinski definition) is 6. The highest BCUT2D eigenvalue weighted by Gasteiger charge is 2.21. The SMILES string of the molecule is CNc1ccc(S(=O)(=O)NCC(C)S(C)=O)cc1[N+](=O)[O-]. The van der Waals surface area contributed by atoms with Crippen molar-refractivity contribution in [1.29, 1.82) is 0 Å². The van der Waals surface area contributed by atoms with Crippen LogP contribution in [0.25, 0.3) is 0 Å². The maximum Gasteiger partial charge on any atom is 0.293 e. The minimum Gasteiger partial charge on any atom is -0.383 e. The van der Waals surface area contributed by atoms with Gasteiger partial charge >= 0.3 is 0 Å². The van der Waals surface area contributed by atoms with Gasteiger partial charge in [-0.15, -0.1) is 0 Å². The van der Waals surface area contributed by atoms with Crippen molar-refractivity contribution in [3.63, 3.8) is 0 Å². The van der Waals surface area contributed by atoms with Crippen molar-refractivity contribution in [1.82, 2.24) is 4.72 Å². The number of benzene rings is 1. The predicted molar refractivity (Wildman–Crippen MR) is 81.4 cm³/mol. The van der Waals surface area contributed by atoms with Crippen molar-refractivity contribution in [2.45, 2.75) is 17.1 Å². The minimum absolute atomic E-state index is 0.00692. The zero-order chi connectivity index (χ0) is 16.2. The first-order chi connectivity index (χ1) is 9.69. The smallest absolute Gasteiger partial charge is 0.293 e. The summed E-state index contributed by atoms with van der Waals surface area (Å²) in [5.74, 6) is 0. The number of nitro benzene ring substituents is 1. The van der Waals surface area contributed by atoms with Crippen LogP contribution < -0.4 is 10.0 Å². The van der Waals surface area contributed by atoms with Crippen molar-refractivity contribution in [3.8, 4) is 0 Å². The Hall–Kier alpha value is -1.52. The molecule has 0 heterocycles. The van der Waals surface area contributed by atoms with Crippen molar-refractivity contribution in [2.24, 2.45) is 0 Å². The predicted octanol–water partition coefficient (Wildman–Crippen LogP) is 0.682. The molecule has 2 atom stereocenters. The number of sulfonamides is 1. The van der Waals surface area contributed by atoms with Crippen LogP contribution in [0.2, 0.25) is 0 Å². The van der Waals surface area contributed by atoms with Gasteiger partial charge in [0.05, 0.1) is 9.82 Å². The van der Waals surface area contributed by atoms with Crippen LogP contribution in [0.3, 0.4) is 0 Å². The molecule has 0 saturated heterocycles. The second-order valence-electron chi connectivity index (χ2n) is 4.35. The summed E-state index contributed by atoms with van der Waals surface area (Å²) in [5, 5.41) is 13.2. The number of nitrogens with one attached hydrogen (secondary N) is 2. The Morgan fingerprint density at radius 3 is 2.52 bits per heavy atom. The van der Waals surface area contributed by atoms with E-state index in [2.05, 4.69) is 10.0 Å². The van der Waals surface area contributed by atoms with Crippen LogP contribution in [0.4, 0.5) is 11.4 Å². The maximum absolute atomic E-state index is 12.1. The second kappa shape index (κ2) is 6.96. The molecule has 118 valence electrons. The van der Waals surface area contributed by atoms with E-state index >= 15 is 0 Å². The lowest BCUT2D eigenvalue weighted by Gasteiger charge is -2.11. The molecule has 0 fully saturated rings. The molecule has 0 bridgehead atoms. The Kier molecular flexibility index (Phi) is 5.81. The molecule has 0 amide bonds. The van der Waals surface area contributed by atoms with Gasteiger partial charge in [0.25, 0.3) is 5.69 Å². The fourth-order valence-corrected chi connectivity index (χ4v) is 3.04. The van der Waals surface area contributed by atoms with Gasteiger partial charge in [0.15, 0.2) is 0 Å². The van der Waals surface area contributed by atoms with E-state index in [1.165, 1.54) is 25.4 Å². The summed E-state index contributed by atoms with van der Waals surface area (Å²) in [6, 6.07) is 3.59. The Bertz CT molecular complexity index is 660. The lowest BCUT2D eigenvalue weighted by atomic mass is 10.3. The van der Waals surface area contributed by atoms with E-state index < -0.39 is 25.7 Å². The van der Waals surface area contributed by atoms with Crippen LogP contribution >= 0.6 is 0 Å². The van der Waals surface area contributed by atoms with E-state index in [0.29, 0.717) is 0 Å². The number of hydrogen-bond donors (Lipinski definition) is 2. The average Bonchev–Trinajstić information content (AvgIpc) is 2.43. The molecule has 21 heavy (non-hydrogen) atoms. The van der Waals surface area contributed by atoms with Gasteiger partial charge in [0.2, 0.25) is 10.0 Å². The van der Waals surface area contributed by atoms with E-state index in [0.717, 1.165) is 6.07 Å². The van der Waals surface area contributed by atoms with Gasteiger partial charge in [-0.1, -0.05) is 0 Å². The molecule has 0 saturated carbocycles. The molecule has 0 aromatic heterocycles. The normalized spacial score (nSPS) is 14.4. The van der Waals surface area contributed by atoms with E-state index in [1.807, 2.05) is 0 Å². The standard InChI is InChI=1S/C11H17N3O5S2/c1-8(20(3)17)7-13-21(18,19)9-4-5-10(12-2)11(6-9)14(15)16/h4-6,8,12-13H,7H2,1-3H3. The van der Waals surface area contributed by atoms with Crippen LogP contribution in [0.15, 0.2) is 23.1 Å². The highest BCUT2D eigenvalue weighted by Crippen LogP contribution is 2.26. The number of nitro groups is 1. The maximum atomic E-state index is 12.1. The third-order valence-electron chi connectivity index (χ3n) is 2.87. The highest BCUT2D eigenvalue weighted by molar-refractivity contribution is 7.89. The van der Waals surface area contributed by atoms with Gasteiger partial charge in [0.1, 0.15) is 5.69 Å². The van der Waals surface area contributed by atoms with Crippen LogP contribution in [0.1, 0.15) is 6.92 Å². The van der Waals surface area contributed by atoms with Crippen molar-refractivity contribution >= 4 is 32.2 Å². The first kappa shape index (κ1) is 17.5. The number of rotatable bonds is 7. The molecular weight excluding hydrogens is 318 g/mol. The molecule has 10 heteroatoms. The average molecular weight is 335 g/mol. The van der Waals surface area contributed by atoms with Crippen molar-refractivity contribution < 1.29 is 17.6 Å². The third-order valence-corrected chi connectivity index (χ3v) is 5.59. The molecule has 0 radical (unpaired) electrons. The van der Waals surface area contributed by atoms with Crippen LogP contribution in [-0.4, -0.2) is 42.6 Å². The molecule has 1 aromatic carbocycles. The van der Waals surface area contributed by atoms with Gasteiger partial charge in [0, 0.05) is 42.0 Å². The molecule has 8 nitrogen and oxygen atoms in total. The van der Waals surface area contributed by atoms with E-state index in [4.69, 9.17) is 0 Å². The van der Waals surface area contributed by atoms with Gasteiger partial charge in [-0.3, -0.25) is 14.3 Å². The topological polar surface area (TPSA) is 118 Å². The molecule has 2 unspecified atom stereocenters. The molecule has 0 aliphatic carbocycles. The van der Waals surface area contributed by atoms with Gasteiger partial charge < -0.3 is 5.32 Å². The first-order valence-electron chi connectivity index (χ1n) is 5.97. The molecular formula is C11H17N3O5S2. The fraction of sp³-hybridized carbons (Fsp3) is 0.455. The van der Waals surface area contributed by atoms with E-state index in [-0.39, 0.29) is 28.1 Å². The molecule has 2 N–H and O–H groups in total. The van der Waals surface area contributed by atoms with Gasteiger partial charge in [-0.05, 0) is 19.1 Å². The summed E-state index contributed by atoms with van der Waals surface area (Å²) in [5.41, 5.74) is -0.102. The molecule has 0 spiro atoms. The second-order valence-corrected chi connectivity index (χ2v) is 7.92. The molecule has 1 aromatic rings. The van der Waals surface area contributed by atoms with Crippen molar-refractivity contribution in [2.75, 3.05) is 25.2 Å². The minimum atomic E-state index is -3.89. The summed E-state index contributed by atoms with van der Waals surface area (Å²) in [6.07, 6.45) is 1.48. The summed E-state index contributed by atoms with van der Waals surface area (Å²) in [6.45, 7) is 1.64. The summed E-state index contributed by atoms with van der Waals surface area (Å²) in [7, 11) is -3.54. The van der Waals surface area contributed by atoms with Crippen molar-refractivity contribution in [3.05, 3.63) is 28.3 Å². The first-order valence-corrected chi connectivity index (χ1v) is 9.07. The lowest BCUT2D eigenvalue weighted by Crippen LogP contribution is -2.32. The van der Waals surface area contributed by atoms with E-state index in [1.54, 1.807) is 6.92 Å². The number of nitrogens with zero attached hydrogens (tertiary/aromatic N) is 1. The largest absolute Gasteiger partial charge is 0.383 e. The Balaban J connectivity index is 3.06. The lowest BCUT2D eigenvalue weighted by molar-refractivity contribution is -0.384. The number of anilines is 1. The Morgan fingerprint density at radius 1 is 1.43 bits per heavy atom. The van der Waals surface area contributed by atoms with Gasteiger partial charge in [-0.25, -0.2) is 13.1 Å². The van der Waals surface area contributed by atoms with Crippen LogP contribution in [0.5, 0.6) is 0 Å². The summed E-state index contributed by atoms with van der Waals surface area (Å²) in [4.78, 5) is 10.1. The van der Waals surface area contributed by atoms with E-state index in [9.17, 15) is 22.7 Å². The molecule has 0 aliphatic rings. The summed E-state index contributed by atoms with van der Waals surface area (Å²) < 4.78 is 37.7. The summed E-state index contributed by atoms with van der Waals surface area (Å²) >= 11 is 0. The molecule has 0 aliphatic heterocycles. The highest BCUT2D eigenvalue weighted by atomic mass is 32.2. The van der Waals surface area contributed by atoms with Crippen LogP contribution in [-0.2, 0) is 20.8 Å². The third kappa shape index (κ3) is 4.48. The fourth-order valence-electron chi connectivity index (χ4n) is 1.47. The Labute approximate surface area is 125 Å². The molecule has 1 rings (SSSR count). The zero-order valence-corrected chi connectivity index (χ0v) is 13.5. The monoisotopic (exact) mass is 335 g/mol. The Morgan fingerprint density at radius 2 is 2.05 bits per heavy atom. The van der Waals surface area contributed by atoms with Gasteiger partial charge in [-0.2, -0.15) is 0 Å². The quantitative estimate of drug-likeness (QED) is 0.559. The zero-order valence-electron chi connectivity index (χ0n) is 11.8.